The molecule has 144 valence electrons. The molecule has 8 heteroatoms. The molecule has 7 nitrogen and oxygen atoms in total. The molecule has 2 heterocycles. The molecule has 1 unspecified atom stereocenters. The Bertz CT molecular complexity index is 1120. The maximum atomic E-state index is 13.2. The molecule has 3 aromatic rings. The highest BCUT2D eigenvalue weighted by molar-refractivity contribution is 7.91. The number of amides is 1. The number of hydrogen-bond acceptors (Lipinski definition) is 5. The van der Waals surface area contributed by atoms with Gasteiger partial charge in [0.15, 0.2) is 5.25 Å². The van der Waals surface area contributed by atoms with E-state index < -0.39 is 21.2 Å². The number of aromatic amines is 1. The van der Waals surface area contributed by atoms with Gasteiger partial charge in [-0.1, -0.05) is 55.8 Å². The molecular formula is C20H20N4O3S. The van der Waals surface area contributed by atoms with E-state index in [4.69, 9.17) is 0 Å². The number of nitrogens with zero attached hydrogens (tertiary/aromatic N) is 3. The van der Waals surface area contributed by atoms with E-state index in [2.05, 4.69) is 15.0 Å². The summed E-state index contributed by atoms with van der Waals surface area (Å²) < 4.78 is 27.3. The van der Waals surface area contributed by atoms with Gasteiger partial charge < -0.3 is 4.98 Å². The number of rotatable bonds is 5. The van der Waals surface area contributed by atoms with E-state index in [-0.39, 0.29) is 18.2 Å². The summed E-state index contributed by atoms with van der Waals surface area (Å²) in [4.78, 5) is 24.8. The number of carbonyl (C=O) groups is 1. The minimum atomic E-state index is -3.89. The Hall–Kier alpha value is -3.00. The Morgan fingerprint density at radius 1 is 1.11 bits per heavy atom. The van der Waals surface area contributed by atoms with E-state index in [9.17, 15) is 13.2 Å². The van der Waals surface area contributed by atoms with E-state index in [1.54, 1.807) is 30.3 Å². The normalized spacial score (nSPS) is 20.3. The summed E-state index contributed by atoms with van der Waals surface area (Å²) in [6, 6.07) is 16.1. The molecule has 1 N–H and O–H groups in total. The van der Waals surface area contributed by atoms with Crippen LogP contribution in [-0.4, -0.2) is 40.9 Å². The van der Waals surface area contributed by atoms with Crippen molar-refractivity contribution in [2.75, 3.05) is 6.54 Å². The second-order valence-corrected chi connectivity index (χ2v) is 8.58. The predicted molar refractivity (Wildman–Crippen MR) is 108 cm³/mol. The van der Waals surface area contributed by atoms with Gasteiger partial charge in [0, 0.05) is 6.54 Å². The van der Waals surface area contributed by atoms with Crippen LogP contribution in [0.1, 0.15) is 30.6 Å². The summed E-state index contributed by atoms with van der Waals surface area (Å²) in [5.41, 5.74) is 1.97. The monoisotopic (exact) mass is 396 g/mol. The third-order valence-corrected chi connectivity index (χ3v) is 6.77. The third kappa shape index (κ3) is 3.09. The van der Waals surface area contributed by atoms with Crippen molar-refractivity contribution in [1.82, 2.24) is 14.3 Å². The highest BCUT2D eigenvalue weighted by Crippen LogP contribution is 2.36. The van der Waals surface area contributed by atoms with Crippen LogP contribution >= 0.6 is 0 Å². The summed E-state index contributed by atoms with van der Waals surface area (Å²) >= 11 is 0. The van der Waals surface area contributed by atoms with Gasteiger partial charge in [-0.05, 0) is 24.1 Å². The van der Waals surface area contributed by atoms with Crippen LogP contribution in [0.4, 0.5) is 5.95 Å². The molecule has 1 fully saturated rings. The Morgan fingerprint density at radius 2 is 1.82 bits per heavy atom. The Balaban J connectivity index is 1.85. The zero-order chi connectivity index (χ0) is 19.7. The summed E-state index contributed by atoms with van der Waals surface area (Å²) in [7, 11) is -3.89. The molecule has 28 heavy (non-hydrogen) atoms. The average molecular weight is 396 g/mol. The number of hydrogen-bond donors (Lipinski definition) is 1. The topological polar surface area (TPSA) is 95.5 Å². The molecule has 0 aliphatic carbocycles. The lowest BCUT2D eigenvalue weighted by molar-refractivity contribution is -0.119. The maximum Gasteiger partial charge on any atom is 0.283 e. The number of benzene rings is 2. The van der Waals surface area contributed by atoms with Crippen molar-refractivity contribution < 1.29 is 13.2 Å². The molecule has 1 amide bonds. The first-order valence-corrected chi connectivity index (χ1v) is 10.7. The Morgan fingerprint density at radius 3 is 2.54 bits per heavy atom. The van der Waals surface area contributed by atoms with Gasteiger partial charge in [-0.25, -0.2) is 22.7 Å². The van der Waals surface area contributed by atoms with Crippen LogP contribution in [0.15, 0.2) is 59.6 Å². The van der Waals surface area contributed by atoms with Gasteiger partial charge >= 0.3 is 0 Å². The molecule has 1 saturated heterocycles. The van der Waals surface area contributed by atoms with Crippen molar-refractivity contribution in [2.24, 2.45) is 4.99 Å². The minimum absolute atomic E-state index is 0.0265. The predicted octanol–water partition coefficient (Wildman–Crippen LogP) is 3.35. The number of aromatic nitrogens is 2. The fraction of sp³-hybridized carbons (Fsp3) is 0.250. The van der Waals surface area contributed by atoms with Crippen LogP contribution < -0.4 is 0 Å². The minimum Gasteiger partial charge on any atom is -0.322 e. The van der Waals surface area contributed by atoms with Crippen LogP contribution in [0, 0.1) is 0 Å². The number of H-pyrrole nitrogens is 1. The van der Waals surface area contributed by atoms with Crippen molar-refractivity contribution >= 4 is 38.6 Å². The number of carbonyl (C=O) groups excluding carboxylic acids is 1. The van der Waals surface area contributed by atoms with E-state index in [1.807, 2.05) is 31.2 Å². The van der Waals surface area contributed by atoms with Crippen LogP contribution in [0.5, 0.6) is 0 Å². The first kappa shape index (κ1) is 18.4. The third-order valence-electron chi connectivity index (χ3n) is 4.72. The maximum absolute atomic E-state index is 13.2. The SMILES string of the molecule is CCCCN1C(=O)C(=Nc2nc3ccccc3[nH]2)C(c2ccccc2)S1(=O)=O. The zero-order valence-electron chi connectivity index (χ0n) is 15.4. The van der Waals surface area contributed by atoms with E-state index >= 15 is 0 Å². The summed E-state index contributed by atoms with van der Waals surface area (Å²) in [5, 5.41) is -1.13. The van der Waals surface area contributed by atoms with Gasteiger partial charge in [-0.2, -0.15) is 0 Å². The van der Waals surface area contributed by atoms with Gasteiger partial charge in [0.05, 0.1) is 11.0 Å². The van der Waals surface area contributed by atoms with Crippen molar-refractivity contribution in [2.45, 2.75) is 25.0 Å². The molecular weight excluding hydrogens is 376 g/mol. The second kappa shape index (κ2) is 7.20. The smallest absolute Gasteiger partial charge is 0.283 e. The number of para-hydroxylation sites is 2. The lowest BCUT2D eigenvalue weighted by Crippen LogP contribution is -2.32. The van der Waals surface area contributed by atoms with Gasteiger partial charge in [-0.3, -0.25) is 4.79 Å². The number of nitrogens with one attached hydrogen (secondary N) is 1. The molecule has 0 radical (unpaired) electrons. The van der Waals surface area contributed by atoms with Crippen molar-refractivity contribution in [3.63, 3.8) is 0 Å². The van der Waals surface area contributed by atoms with Gasteiger partial charge in [0.1, 0.15) is 5.71 Å². The van der Waals surface area contributed by atoms with Crippen LogP contribution in [-0.2, 0) is 14.8 Å². The average Bonchev–Trinajstić information content (AvgIpc) is 3.17. The van der Waals surface area contributed by atoms with Gasteiger partial charge in [0.2, 0.25) is 5.95 Å². The molecule has 1 atom stereocenters. The van der Waals surface area contributed by atoms with E-state index in [0.717, 1.165) is 16.2 Å². The largest absolute Gasteiger partial charge is 0.322 e. The first-order valence-electron chi connectivity index (χ1n) is 9.16. The van der Waals surface area contributed by atoms with Crippen molar-refractivity contribution in [3.05, 3.63) is 60.2 Å². The summed E-state index contributed by atoms with van der Waals surface area (Å²) in [6.45, 7) is 2.10. The molecule has 1 aromatic heterocycles. The van der Waals surface area contributed by atoms with E-state index in [0.29, 0.717) is 17.5 Å². The summed E-state index contributed by atoms with van der Waals surface area (Å²) in [6.07, 6.45) is 1.38. The number of fused-ring (bicyclic) bond motifs is 1. The van der Waals surface area contributed by atoms with Gasteiger partial charge in [0.25, 0.3) is 15.9 Å². The molecule has 0 spiro atoms. The van der Waals surface area contributed by atoms with Crippen LogP contribution in [0.3, 0.4) is 0 Å². The number of imidazole rings is 1. The lowest BCUT2D eigenvalue weighted by atomic mass is 10.1. The Kier molecular flexibility index (Phi) is 4.72. The summed E-state index contributed by atoms with van der Waals surface area (Å²) in [5.74, 6) is -0.360. The van der Waals surface area contributed by atoms with E-state index in [1.165, 1.54) is 0 Å². The highest BCUT2D eigenvalue weighted by Gasteiger charge is 2.50. The van der Waals surface area contributed by atoms with Crippen LogP contribution in [0.25, 0.3) is 11.0 Å². The molecule has 2 aromatic carbocycles. The standard InChI is InChI=1S/C20H20N4O3S/c1-2-3-13-24-19(25)17(18(28(24,26)27)14-9-5-4-6-10-14)23-20-21-15-11-7-8-12-16(15)22-20/h4-12,18H,2-3,13H2,1H3,(H,21,22). The fourth-order valence-electron chi connectivity index (χ4n) is 3.32. The fourth-order valence-corrected chi connectivity index (χ4v) is 5.22. The van der Waals surface area contributed by atoms with Gasteiger partial charge in [-0.15, -0.1) is 0 Å². The molecule has 1 aliphatic heterocycles. The molecule has 1 aliphatic rings. The number of unbranched alkanes of at least 4 members (excludes halogenated alkanes) is 1. The number of sulfonamides is 1. The highest BCUT2D eigenvalue weighted by atomic mass is 32.2. The molecule has 0 bridgehead atoms. The van der Waals surface area contributed by atoms with Crippen molar-refractivity contribution in [1.29, 1.82) is 0 Å². The van der Waals surface area contributed by atoms with Crippen LogP contribution in [0.2, 0.25) is 0 Å². The zero-order valence-corrected chi connectivity index (χ0v) is 16.2. The van der Waals surface area contributed by atoms with Crippen molar-refractivity contribution in [3.8, 4) is 0 Å². The molecule has 0 saturated carbocycles. The second-order valence-electron chi connectivity index (χ2n) is 6.64. The molecule has 4 rings (SSSR count). The Labute approximate surface area is 163 Å². The quantitative estimate of drug-likeness (QED) is 0.715. The first-order chi connectivity index (χ1) is 13.5. The lowest BCUT2D eigenvalue weighted by Gasteiger charge is -2.15. The number of aliphatic imine (C=N–C) groups is 1.